The number of benzene rings is 1. The van der Waals surface area contributed by atoms with Crippen molar-refractivity contribution in [3.63, 3.8) is 0 Å². The molecule has 1 aromatic rings. The molecule has 62 valence electrons. The monoisotopic (exact) mass is 200 g/mol. The highest BCUT2D eigenvalue weighted by Crippen LogP contribution is 2.30. The summed E-state index contributed by atoms with van der Waals surface area (Å²) in [6.45, 7) is 0. The maximum atomic E-state index is 8.56. The van der Waals surface area contributed by atoms with Gasteiger partial charge in [0.15, 0.2) is 0 Å². The van der Waals surface area contributed by atoms with Crippen LogP contribution in [0.5, 0.6) is 0 Å². The molecule has 1 aromatic carbocycles. The van der Waals surface area contributed by atoms with Crippen LogP contribution in [0.1, 0.15) is 5.56 Å². The first-order chi connectivity index (χ1) is 5.69. The molecular weight excluding hydrogens is 195 g/mol. The number of nitrogens with zero attached hydrogens (tertiary/aromatic N) is 1. The van der Waals surface area contributed by atoms with Crippen LogP contribution in [0.3, 0.4) is 0 Å². The van der Waals surface area contributed by atoms with E-state index in [0.717, 1.165) is 0 Å². The SMILES string of the molecule is CNc1c(Cl)cc(C#N)cc1Cl. The predicted molar refractivity (Wildman–Crippen MR) is 50.7 cm³/mol. The van der Waals surface area contributed by atoms with Crippen LogP contribution in [0.25, 0.3) is 0 Å². The normalized spacial score (nSPS) is 9.17. The Kier molecular flexibility index (Phi) is 2.80. The first-order valence-corrected chi connectivity index (χ1v) is 4.01. The maximum Gasteiger partial charge on any atom is 0.0992 e. The lowest BCUT2D eigenvalue weighted by Gasteiger charge is -2.05. The molecule has 4 heteroatoms. The van der Waals surface area contributed by atoms with Gasteiger partial charge in [0.05, 0.1) is 27.4 Å². The van der Waals surface area contributed by atoms with Crippen LogP contribution in [0.2, 0.25) is 10.0 Å². The predicted octanol–water partition coefficient (Wildman–Crippen LogP) is 2.91. The summed E-state index contributed by atoms with van der Waals surface area (Å²) in [6, 6.07) is 5.10. The third-order valence-corrected chi connectivity index (χ3v) is 2.02. The maximum absolute atomic E-state index is 8.56. The fourth-order valence-electron chi connectivity index (χ4n) is 0.877. The second-order valence-electron chi connectivity index (χ2n) is 2.18. The summed E-state index contributed by atoms with van der Waals surface area (Å²) in [6.07, 6.45) is 0. The zero-order valence-electron chi connectivity index (χ0n) is 6.36. The van der Waals surface area contributed by atoms with Gasteiger partial charge in [-0.15, -0.1) is 0 Å². The van der Waals surface area contributed by atoms with E-state index in [1.165, 1.54) is 0 Å². The van der Waals surface area contributed by atoms with Gasteiger partial charge >= 0.3 is 0 Å². The lowest BCUT2D eigenvalue weighted by atomic mass is 10.2. The minimum atomic E-state index is 0.460. The van der Waals surface area contributed by atoms with E-state index in [9.17, 15) is 0 Å². The molecule has 0 aromatic heterocycles. The molecule has 1 N–H and O–H groups in total. The van der Waals surface area contributed by atoms with Crippen LogP contribution in [-0.2, 0) is 0 Å². The number of nitriles is 1. The van der Waals surface area contributed by atoms with Gasteiger partial charge < -0.3 is 5.32 Å². The lowest BCUT2D eigenvalue weighted by molar-refractivity contribution is 1.46. The minimum absolute atomic E-state index is 0.460. The molecule has 0 amide bonds. The van der Waals surface area contributed by atoms with Crippen LogP contribution in [0.4, 0.5) is 5.69 Å². The summed E-state index contributed by atoms with van der Waals surface area (Å²) < 4.78 is 0. The molecule has 0 heterocycles. The molecule has 0 atom stereocenters. The van der Waals surface area contributed by atoms with Crippen LogP contribution in [-0.4, -0.2) is 7.05 Å². The minimum Gasteiger partial charge on any atom is -0.386 e. The summed E-state index contributed by atoms with van der Waals surface area (Å²) >= 11 is 11.6. The van der Waals surface area contributed by atoms with E-state index >= 15 is 0 Å². The smallest absolute Gasteiger partial charge is 0.0992 e. The molecule has 0 saturated carbocycles. The fraction of sp³-hybridized carbons (Fsp3) is 0.125. The Labute approximate surface area is 80.7 Å². The molecule has 0 aliphatic rings. The Morgan fingerprint density at radius 2 is 1.83 bits per heavy atom. The van der Waals surface area contributed by atoms with Gasteiger partial charge in [-0.3, -0.25) is 0 Å². The van der Waals surface area contributed by atoms with E-state index in [1.54, 1.807) is 19.2 Å². The van der Waals surface area contributed by atoms with Crippen molar-refractivity contribution >= 4 is 28.9 Å². The molecule has 12 heavy (non-hydrogen) atoms. The molecule has 0 aliphatic heterocycles. The van der Waals surface area contributed by atoms with Gasteiger partial charge in [-0.25, -0.2) is 0 Å². The van der Waals surface area contributed by atoms with Crippen molar-refractivity contribution in [1.29, 1.82) is 5.26 Å². The van der Waals surface area contributed by atoms with Crippen molar-refractivity contribution in [3.05, 3.63) is 27.7 Å². The Hall–Kier alpha value is -0.910. The molecule has 1 rings (SSSR count). The number of hydrogen-bond donors (Lipinski definition) is 1. The van der Waals surface area contributed by atoms with Crippen LogP contribution >= 0.6 is 23.2 Å². The second-order valence-corrected chi connectivity index (χ2v) is 2.99. The van der Waals surface area contributed by atoms with Gasteiger partial charge in [-0.1, -0.05) is 23.2 Å². The topological polar surface area (TPSA) is 35.8 Å². The van der Waals surface area contributed by atoms with Crippen molar-refractivity contribution in [2.24, 2.45) is 0 Å². The van der Waals surface area contributed by atoms with Gasteiger partial charge in [0.2, 0.25) is 0 Å². The third-order valence-electron chi connectivity index (χ3n) is 1.42. The van der Waals surface area contributed by atoms with Crippen LogP contribution in [0, 0.1) is 11.3 Å². The zero-order valence-corrected chi connectivity index (χ0v) is 7.87. The third kappa shape index (κ3) is 1.63. The fourth-order valence-corrected chi connectivity index (χ4v) is 1.55. The molecule has 0 aliphatic carbocycles. The molecule has 0 bridgehead atoms. The second kappa shape index (κ2) is 3.66. The number of anilines is 1. The van der Waals surface area contributed by atoms with Gasteiger partial charge in [0.25, 0.3) is 0 Å². The molecule has 0 fully saturated rings. The zero-order chi connectivity index (χ0) is 9.14. The molecule has 0 spiro atoms. The van der Waals surface area contributed by atoms with Crippen LogP contribution < -0.4 is 5.32 Å². The number of hydrogen-bond acceptors (Lipinski definition) is 2. The van der Waals surface area contributed by atoms with E-state index < -0.39 is 0 Å². The molecule has 0 saturated heterocycles. The highest BCUT2D eigenvalue weighted by atomic mass is 35.5. The molecule has 0 radical (unpaired) electrons. The van der Waals surface area contributed by atoms with Crippen molar-refractivity contribution in [2.75, 3.05) is 12.4 Å². The highest BCUT2D eigenvalue weighted by Gasteiger charge is 2.05. The van der Waals surface area contributed by atoms with Crippen molar-refractivity contribution < 1.29 is 0 Å². The summed E-state index contributed by atoms with van der Waals surface area (Å²) in [4.78, 5) is 0. The molecular formula is C8H6Cl2N2. The van der Waals surface area contributed by atoms with Crippen LogP contribution in [0.15, 0.2) is 12.1 Å². The lowest BCUT2D eigenvalue weighted by Crippen LogP contribution is -1.91. The Morgan fingerprint density at radius 1 is 1.33 bits per heavy atom. The van der Waals surface area contributed by atoms with E-state index in [2.05, 4.69) is 5.32 Å². The average Bonchev–Trinajstić information content (AvgIpc) is 2.03. The van der Waals surface area contributed by atoms with E-state index in [0.29, 0.717) is 21.3 Å². The quantitative estimate of drug-likeness (QED) is 0.758. The molecule has 2 nitrogen and oxygen atoms in total. The summed E-state index contributed by atoms with van der Waals surface area (Å²) in [5, 5.41) is 12.3. The standard InChI is InChI=1S/C8H6Cl2N2/c1-12-8-6(9)2-5(4-11)3-7(8)10/h2-3,12H,1H3. The largest absolute Gasteiger partial charge is 0.386 e. The first kappa shape index (κ1) is 9.18. The summed E-state index contributed by atoms with van der Waals surface area (Å²) in [5.41, 5.74) is 1.11. The number of nitrogens with one attached hydrogen (secondary N) is 1. The van der Waals surface area contributed by atoms with Gasteiger partial charge in [-0.2, -0.15) is 5.26 Å². The van der Waals surface area contributed by atoms with E-state index in [-0.39, 0.29) is 0 Å². The molecule has 0 unspecified atom stereocenters. The summed E-state index contributed by atoms with van der Waals surface area (Å²) in [7, 11) is 1.72. The van der Waals surface area contributed by atoms with Gasteiger partial charge in [0, 0.05) is 7.05 Å². The Morgan fingerprint density at radius 3 is 2.17 bits per heavy atom. The average molecular weight is 201 g/mol. The van der Waals surface area contributed by atoms with Gasteiger partial charge in [-0.05, 0) is 12.1 Å². The van der Waals surface area contributed by atoms with Crippen molar-refractivity contribution in [2.45, 2.75) is 0 Å². The van der Waals surface area contributed by atoms with E-state index in [1.807, 2.05) is 6.07 Å². The highest BCUT2D eigenvalue weighted by molar-refractivity contribution is 6.39. The van der Waals surface area contributed by atoms with Crippen molar-refractivity contribution in [1.82, 2.24) is 0 Å². The number of rotatable bonds is 1. The first-order valence-electron chi connectivity index (χ1n) is 3.26. The Balaban J connectivity index is 3.30. The number of halogens is 2. The Bertz CT molecular complexity index is 318. The van der Waals surface area contributed by atoms with Gasteiger partial charge in [0.1, 0.15) is 0 Å². The van der Waals surface area contributed by atoms with Crippen molar-refractivity contribution in [3.8, 4) is 6.07 Å². The van der Waals surface area contributed by atoms with E-state index in [4.69, 9.17) is 28.5 Å². The summed E-state index contributed by atoms with van der Waals surface area (Å²) in [5.74, 6) is 0.